The van der Waals surface area contributed by atoms with E-state index >= 15 is 4.39 Å². The van der Waals surface area contributed by atoms with Crippen LogP contribution in [0, 0.1) is 11.8 Å². The fourth-order valence-corrected chi connectivity index (χ4v) is 4.47. The van der Waals surface area contributed by atoms with Crippen molar-refractivity contribution in [3.63, 3.8) is 0 Å². The summed E-state index contributed by atoms with van der Waals surface area (Å²) >= 11 is 0. The van der Waals surface area contributed by atoms with Crippen LogP contribution in [-0.4, -0.2) is 63.8 Å². The molecule has 1 aliphatic heterocycles. The normalized spacial score (nSPS) is 14.8. The van der Waals surface area contributed by atoms with Crippen LogP contribution in [0.3, 0.4) is 0 Å². The molecule has 0 aliphatic carbocycles. The number of piperazine rings is 1. The Hall–Kier alpha value is -3.86. The number of aryl methyl sites for hydroxylation is 1. The summed E-state index contributed by atoms with van der Waals surface area (Å²) in [6.07, 6.45) is 1.48. The minimum atomic E-state index is -0.694. The number of hydrogen-bond acceptors (Lipinski definition) is 6. The monoisotopic (exact) mass is 467 g/mol. The summed E-state index contributed by atoms with van der Waals surface area (Å²) in [6, 6.07) is 6.59. The summed E-state index contributed by atoms with van der Waals surface area (Å²) in [5.74, 6) is -1.60. The van der Waals surface area contributed by atoms with Gasteiger partial charge in [-0.05, 0) is 12.1 Å². The van der Waals surface area contributed by atoms with E-state index in [9.17, 15) is 14.0 Å². The summed E-state index contributed by atoms with van der Waals surface area (Å²) in [5, 5.41) is 7.56. The molecule has 2 N–H and O–H groups in total. The molecule has 176 valence electrons. The Labute approximate surface area is 193 Å². The van der Waals surface area contributed by atoms with E-state index in [1.807, 2.05) is 4.90 Å². The van der Waals surface area contributed by atoms with Crippen LogP contribution in [0.25, 0.3) is 21.8 Å². The van der Waals surface area contributed by atoms with Crippen molar-refractivity contribution >= 4 is 33.4 Å². The van der Waals surface area contributed by atoms with E-state index in [4.69, 9.17) is 0 Å². The molecule has 1 aromatic carbocycles. The highest BCUT2D eigenvalue weighted by molar-refractivity contribution is 6.03. The Morgan fingerprint density at radius 3 is 2.59 bits per heavy atom. The van der Waals surface area contributed by atoms with Crippen molar-refractivity contribution < 1.29 is 13.6 Å². The molecule has 4 heterocycles. The van der Waals surface area contributed by atoms with E-state index in [0.29, 0.717) is 60.3 Å². The highest BCUT2D eigenvalue weighted by Gasteiger charge is 2.23. The van der Waals surface area contributed by atoms with Gasteiger partial charge in [0.15, 0.2) is 5.82 Å². The van der Waals surface area contributed by atoms with E-state index in [2.05, 4.69) is 25.3 Å². The Morgan fingerprint density at radius 2 is 1.88 bits per heavy atom. The molecule has 0 bridgehead atoms. The third kappa shape index (κ3) is 3.67. The summed E-state index contributed by atoms with van der Waals surface area (Å²) in [6.45, 7) is 2.59. The molecule has 1 amide bonds. The molecule has 0 unspecified atom stereocenters. The van der Waals surface area contributed by atoms with Gasteiger partial charge in [-0.25, -0.2) is 9.37 Å². The molecular weight excluding hydrogens is 444 g/mol. The average molecular weight is 467 g/mol. The van der Waals surface area contributed by atoms with Gasteiger partial charge in [-0.3, -0.25) is 19.2 Å². The Bertz CT molecular complexity index is 1470. The third-order valence-corrected chi connectivity index (χ3v) is 6.29. The number of hydrogen-bond donors (Lipinski definition) is 2. The number of amides is 1. The lowest BCUT2D eigenvalue weighted by atomic mass is 10.1. The molecule has 4 aromatic rings. The number of fused-ring (bicyclic) bond motifs is 3. The maximum absolute atomic E-state index is 15.4. The van der Waals surface area contributed by atoms with E-state index in [-0.39, 0.29) is 16.8 Å². The standard InChI is InChI=1S/C23H23F2N7O2/c1-26-23(34)16-5-6-17(21(25)28-16)32-9-7-31(8-10-32)12-13-3-4-14-19(18(13)24)29-22(33)15-11-27-30(2)20(14)15/h3-6,11H,7-10,12H2,1-2H3,(H,26,34)(H,29,33). The zero-order chi connectivity index (χ0) is 24.0. The van der Waals surface area contributed by atoms with Gasteiger partial charge in [0.05, 0.1) is 28.3 Å². The van der Waals surface area contributed by atoms with Crippen LogP contribution in [-0.2, 0) is 13.6 Å². The van der Waals surface area contributed by atoms with Crippen LogP contribution >= 0.6 is 0 Å². The fourth-order valence-electron chi connectivity index (χ4n) is 4.47. The lowest BCUT2D eigenvalue weighted by Gasteiger charge is -2.36. The van der Waals surface area contributed by atoms with Crippen molar-refractivity contribution in [2.24, 2.45) is 7.05 Å². The third-order valence-electron chi connectivity index (χ3n) is 6.29. The zero-order valence-electron chi connectivity index (χ0n) is 18.7. The van der Waals surface area contributed by atoms with Gasteiger partial charge in [0.1, 0.15) is 5.69 Å². The van der Waals surface area contributed by atoms with Crippen molar-refractivity contribution in [2.75, 3.05) is 38.1 Å². The lowest BCUT2D eigenvalue weighted by molar-refractivity contribution is 0.0957. The largest absolute Gasteiger partial charge is 0.365 e. The molecular formula is C23H23F2N7O2. The highest BCUT2D eigenvalue weighted by Crippen LogP contribution is 2.26. The Kier molecular flexibility index (Phi) is 5.48. The topological polar surface area (TPSA) is 99.1 Å². The first-order valence-electron chi connectivity index (χ1n) is 10.9. The van der Waals surface area contributed by atoms with Crippen LogP contribution in [0.4, 0.5) is 14.5 Å². The molecule has 0 spiro atoms. The fraction of sp³-hybridized carbons (Fsp3) is 0.304. The van der Waals surface area contributed by atoms with Crippen molar-refractivity contribution in [1.82, 2.24) is 30.0 Å². The van der Waals surface area contributed by atoms with Gasteiger partial charge < -0.3 is 15.2 Å². The second kappa shape index (κ2) is 8.49. The SMILES string of the molecule is CNC(=O)c1ccc(N2CCN(Cc3ccc4c([nH]c(=O)c5cnn(C)c54)c3F)CC2)c(F)n1. The second-order valence-electron chi connectivity index (χ2n) is 8.29. The molecule has 3 aromatic heterocycles. The number of nitrogens with one attached hydrogen (secondary N) is 2. The van der Waals surface area contributed by atoms with Crippen molar-refractivity contribution in [3.8, 4) is 0 Å². The molecule has 1 saturated heterocycles. The molecule has 34 heavy (non-hydrogen) atoms. The predicted octanol–water partition coefficient (Wildman–Crippen LogP) is 1.77. The minimum absolute atomic E-state index is 0.0237. The van der Waals surface area contributed by atoms with Gasteiger partial charge in [-0.1, -0.05) is 12.1 Å². The summed E-state index contributed by atoms with van der Waals surface area (Å²) < 4.78 is 31.4. The second-order valence-corrected chi connectivity index (χ2v) is 8.29. The average Bonchev–Trinajstić information content (AvgIpc) is 3.24. The number of aromatic nitrogens is 4. The van der Waals surface area contributed by atoms with E-state index in [0.717, 1.165) is 0 Å². The lowest BCUT2D eigenvalue weighted by Crippen LogP contribution is -2.46. The number of halogens is 2. The molecule has 5 rings (SSSR count). The van der Waals surface area contributed by atoms with Crippen LogP contribution in [0.15, 0.2) is 35.3 Å². The summed E-state index contributed by atoms with van der Waals surface area (Å²) in [7, 11) is 3.18. The van der Waals surface area contributed by atoms with Gasteiger partial charge in [-0.2, -0.15) is 9.49 Å². The molecule has 11 heteroatoms. The van der Waals surface area contributed by atoms with Gasteiger partial charge in [-0.15, -0.1) is 0 Å². The zero-order valence-corrected chi connectivity index (χ0v) is 18.7. The van der Waals surface area contributed by atoms with Crippen LogP contribution < -0.4 is 15.8 Å². The van der Waals surface area contributed by atoms with Gasteiger partial charge in [0.25, 0.3) is 11.5 Å². The van der Waals surface area contributed by atoms with Gasteiger partial charge >= 0.3 is 0 Å². The number of anilines is 1. The first-order chi connectivity index (χ1) is 16.4. The number of pyridine rings is 2. The maximum atomic E-state index is 15.4. The summed E-state index contributed by atoms with van der Waals surface area (Å²) in [4.78, 5) is 34.4. The van der Waals surface area contributed by atoms with Gasteiger partial charge in [0.2, 0.25) is 5.95 Å². The molecule has 1 aliphatic rings. The highest BCUT2D eigenvalue weighted by atomic mass is 19.1. The number of benzene rings is 1. The van der Waals surface area contributed by atoms with Crippen LogP contribution in [0.1, 0.15) is 16.1 Å². The number of H-pyrrole nitrogens is 1. The molecule has 9 nitrogen and oxygen atoms in total. The Balaban J connectivity index is 1.33. The van der Waals surface area contributed by atoms with E-state index < -0.39 is 17.7 Å². The minimum Gasteiger partial charge on any atom is -0.365 e. The molecule has 0 atom stereocenters. The first-order valence-corrected chi connectivity index (χ1v) is 10.9. The predicted molar refractivity (Wildman–Crippen MR) is 124 cm³/mol. The number of carbonyl (C=O) groups excluding carboxylic acids is 1. The van der Waals surface area contributed by atoms with Crippen molar-refractivity contribution in [2.45, 2.75) is 6.54 Å². The van der Waals surface area contributed by atoms with Crippen molar-refractivity contribution in [1.29, 1.82) is 0 Å². The smallest absolute Gasteiger partial charge is 0.269 e. The number of carbonyl (C=O) groups is 1. The Morgan fingerprint density at radius 1 is 1.12 bits per heavy atom. The number of rotatable bonds is 4. The molecule has 0 saturated carbocycles. The van der Waals surface area contributed by atoms with Crippen LogP contribution in [0.5, 0.6) is 0 Å². The summed E-state index contributed by atoms with van der Waals surface area (Å²) in [5.41, 5.74) is 1.22. The molecule has 0 radical (unpaired) electrons. The number of nitrogens with zero attached hydrogens (tertiary/aromatic N) is 5. The van der Waals surface area contributed by atoms with Crippen molar-refractivity contribution in [3.05, 3.63) is 63.8 Å². The number of aromatic amines is 1. The first kappa shape index (κ1) is 22.0. The van der Waals surface area contributed by atoms with Gasteiger partial charge in [0, 0.05) is 57.8 Å². The quantitative estimate of drug-likeness (QED) is 0.444. The van der Waals surface area contributed by atoms with Crippen LogP contribution in [0.2, 0.25) is 0 Å². The van der Waals surface area contributed by atoms with E-state index in [1.54, 1.807) is 29.9 Å². The maximum Gasteiger partial charge on any atom is 0.269 e. The molecule has 1 fully saturated rings. The van der Waals surface area contributed by atoms with E-state index in [1.165, 1.54) is 19.3 Å².